The summed E-state index contributed by atoms with van der Waals surface area (Å²) in [7, 11) is 1.85. The number of aryl methyl sites for hydroxylation is 1. The number of hydrogen-bond acceptors (Lipinski definition) is 3. The van der Waals surface area contributed by atoms with E-state index in [-0.39, 0.29) is 11.8 Å². The monoisotopic (exact) mass is 258 g/mol. The molecule has 0 saturated heterocycles. The van der Waals surface area contributed by atoms with Crippen LogP contribution in [-0.4, -0.2) is 22.2 Å². The quantitative estimate of drug-likeness (QED) is 0.832. The Balaban J connectivity index is 2.00. The van der Waals surface area contributed by atoms with Gasteiger partial charge in [-0.05, 0) is 11.6 Å². The van der Waals surface area contributed by atoms with E-state index in [1.807, 2.05) is 43.4 Å². The van der Waals surface area contributed by atoms with E-state index >= 15 is 0 Å². The molecular formula is C14H18N4O. The molecule has 1 amide bonds. The summed E-state index contributed by atoms with van der Waals surface area (Å²) in [5, 5.41) is 6.95. The first-order chi connectivity index (χ1) is 9.22. The molecule has 0 bridgehead atoms. The lowest BCUT2D eigenvalue weighted by Crippen LogP contribution is -2.33. The number of nitrogens with zero attached hydrogens (tertiary/aromatic N) is 2. The van der Waals surface area contributed by atoms with Crippen LogP contribution in [0, 0.1) is 0 Å². The Kier molecular flexibility index (Phi) is 4.30. The van der Waals surface area contributed by atoms with Crippen LogP contribution in [0.25, 0.3) is 0 Å². The molecule has 0 saturated carbocycles. The Hall–Kier alpha value is -2.14. The van der Waals surface area contributed by atoms with E-state index in [9.17, 15) is 4.79 Å². The van der Waals surface area contributed by atoms with Crippen LogP contribution in [-0.2, 0) is 18.4 Å². The van der Waals surface area contributed by atoms with Crippen molar-refractivity contribution in [2.24, 2.45) is 12.8 Å². The number of hydrogen-bond donors (Lipinski definition) is 2. The number of carbonyl (C=O) groups is 1. The van der Waals surface area contributed by atoms with Gasteiger partial charge in [0.05, 0.1) is 18.2 Å². The van der Waals surface area contributed by atoms with Crippen molar-refractivity contribution < 1.29 is 4.79 Å². The largest absolute Gasteiger partial charge is 0.350 e. The molecule has 0 aliphatic carbocycles. The number of nitrogens with two attached hydrogens (primary N) is 1. The first-order valence-electron chi connectivity index (χ1n) is 6.22. The number of benzene rings is 1. The molecule has 2 rings (SSSR count). The van der Waals surface area contributed by atoms with Crippen molar-refractivity contribution in [3.05, 3.63) is 53.9 Å². The molecule has 0 spiro atoms. The van der Waals surface area contributed by atoms with Gasteiger partial charge in [0.2, 0.25) is 5.91 Å². The van der Waals surface area contributed by atoms with Gasteiger partial charge in [-0.15, -0.1) is 0 Å². The van der Waals surface area contributed by atoms with Crippen LogP contribution in [0.2, 0.25) is 0 Å². The molecule has 0 aliphatic rings. The second-order valence-electron chi connectivity index (χ2n) is 4.36. The zero-order chi connectivity index (χ0) is 13.7. The van der Waals surface area contributed by atoms with Crippen LogP contribution >= 0.6 is 0 Å². The molecule has 0 aliphatic heterocycles. The molecule has 1 heterocycles. The minimum atomic E-state index is -0.311. The van der Waals surface area contributed by atoms with Crippen LogP contribution in [0.5, 0.6) is 0 Å². The van der Waals surface area contributed by atoms with Crippen molar-refractivity contribution >= 4 is 5.91 Å². The minimum Gasteiger partial charge on any atom is -0.350 e. The SMILES string of the molecule is Cn1nccc1CNC(=O)C(CN)c1ccccc1. The number of carbonyl (C=O) groups excluding carboxylic acids is 1. The second kappa shape index (κ2) is 6.15. The molecule has 1 unspecified atom stereocenters. The van der Waals surface area contributed by atoms with Gasteiger partial charge in [-0.25, -0.2) is 0 Å². The average Bonchev–Trinajstić information content (AvgIpc) is 2.84. The maximum absolute atomic E-state index is 12.2. The zero-order valence-corrected chi connectivity index (χ0v) is 10.9. The Morgan fingerprint density at radius 3 is 2.68 bits per heavy atom. The molecule has 19 heavy (non-hydrogen) atoms. The van der Waals surface area contributed by atoms with Gasteiger partial charge in [-0.2, -0.15) is 5.10 Å². The van der Waals surface area contributed by atoms with Crippen LogP contribution in [0.1, 0.15) is 17.2 Å². The third-order valence-corrected chi connectivity index (χ3v) is 3.12. The predicted octanol–water partition coefficient (Wildman–Crippen LogP) is 0.779. The van der Waals surface area contributed by atoms with Crippen molar-refractivity contribution in [2.45, 2.75) is 12.5 Å². The fourth-order valence-corrected chi connectivity index (χ4v) is 1.96. The molecule has 5 heteroatoms. The molecule has 100 valence electrons. The summed E-state index contributed by atoms with van der Waals surface area (Å²) in [6.07, 6.45) is 1.71. The summed E-state index contributed by atoms with van der Waals surface area (Å²) in [5.74, 6) is -0.371. The zero-order valence-electron chi connectivity index (χ0n) is 10.9. The summed E-state index contributed by atoms with van der Waals surface area (Å²) in [6, 6.07) is 11.5. The molecule has 1 aromatic carbocycles. The van der Waals surface area contributed by atoms with Crippen LogP contribution in [0.4, 0.5) is 0 Å². The molecule has 1 atom stereocenters. The predicted molar refractivity (Wildman–Crippen MR) is 73.3 cm³/mol. The molecule has 0 fully saturated rings. The summed E-state index contributed by atoms with van der Waals surface area (Å²) < 4.78 is 1.74. The van der Waals surface area contributed by atoms with Crippen molar-refractivity contribution in [2.75, 3.05) is 6.54 Å². The van der Waals surface area contributed by atoms with E-state index in [0.717, 1.165) is 11.3 Å². The number of nitrogens with one attached hydrogen (secondary N) is 1. The fourth-order valence-electron chi connectivity index (χ4n) is 1.96. The summed E-state index contributed by atoms with van der Waals surface area (Å²) in [6.45, 7) is 0.750. The molecule has 1 aromatic heterocycles. The first kappa shape index (κ1) is 13.3. The summed E-state index contributed by atoms with van der Waals surface area (Å²) in [4.78, 5) is 12.2. The molecule has 3 N–H and O–H groups in total. The maximum Gasteiger partial charge on any atom is 0.229 e. The third-order valence-electron chi connectivity index (χ3n) is 3.12. The lowest BCUT2D eigenvalue weighted by molar-refractivity contribution is -0.122. The van der Waals surface area contributed by atoms with Gasteiger partial charge in [0.25, 0.3) is 0 Å². The Morgan fingerprint density at radius 2 is 2.11 bits per heavy atom. The van der Waals surface area contributed by atoms with Crippen molar-refractivity contribution in [3.63, 3.8) is 0 Å². The lowest BCUT2D eigenvalue weighted by Gasteiger charge is -2.15. The fraction of sp³-hybridized carbons (Fsp3) is 0.286. The van der Waals surface area contributed by atoms with Crippen LogP contribution in [0.15, 0.2) is 42.6 Å². The smallest absolute Gasteiger partial charge is 0.229 e. The Morgan fingerprint density at radius 1 is 1.37 bits per heavy atom. The van der Waals surface area contributed by atoms with Crippen LogP contribution in [0.3, 0.4) is 0 Å². The van der Waals surface area contributed by atoms with E-state index in [2.05, 4.69) is 10.4 Å². The van der Waals surface area contributed by atoms with Crippen molar-refractivity contribution in [3.8, 4) is 0 Å². The van der Waals surface area contributed by atoms with Crippen molar-refractivity contribution in [1.82, 2.24) is 15.1 Å². The number of aromatic nitrogens is 2. The van der Waals surface area contributed by atoms with E-state index in [1.165, 1.54) is 0 Å². The number of amides is 1. The lowest BCUT2D eigenvalue weighted by atomic mass is 9.98. The van der Waals surface area contributed by atoms with Crippen LogP contribution < -0.4 is 11.1 Å². The summed E-state index contributed by atoms with van der Waals surface area (Å²) in [5.41, 5.74) is 7.60. The highest BCUT2D eigenvalue weighted by atomic mass is 16.1. The van der Waals surface area contributed by atoms with Gasteiger partial charge in [-0.3, -0.25) is 9.48 Å². The van der Waals surface area contributed by atoms with Gasteiger partial charge < -0.3 is 11.1 Å². The van der Waals surface area contributed by atoms with Gasteiger partial charge in [0.15, 0.2) is 0 Å². The standard InChI is InChI=1S/C14H18N4O/c1-18-12(7-8-17-18)10-16-14(19)13(9-15)11-5-3-2-4-6-11/h2-8,13H,9-10,15H2,1H3,(H,16,19). The Bertz CT molecular complexity index is 535. The topological polar surface area (TPSA) is 72.9 Å². The average molecular weight is 258 g/mol. The van der Waals surface area contributed by atoms with Gasteiger partial charge in [0.1, 0.15) is 0 Å². The normalized spacial score (nSPS) is 12.1. The third kappa shape index (κ3) is 3.20. The molecule has 0 radical (unpaired) electrons. The Labute approximate surface area is 112 Å². The van der Waals surface area contributed by atoms with Gasteiger partial charge in [-0.1, -0.05) is 30.3 Å². The molecular weight excluding hydrogens is 240 g/mol. The summed E-state index contributed by atoms with van der Waals surface area (Å²) >= 11 is 0. The highest BCUT2D eigenvalue weighted by Crippen LogP contribution is 2.14. The van der Waals surface area contributed by atoms with Gasteiger partial charge >= 0.3 is 0 Å². The molecule has 5 nitrogen and oxygen atoms in total. The van der Waals surface area contributed by atoms with E-state index in [0.29, 0.717) is 13.1 Å². The highest BCUT2D eigenvalue weighted by Gasteiger charge is 2.18. The van der Waals surface area contributed by atoms with Gasteiger partial charge in [0, 0.05) is 19.8 Å². The maximum atomic E-state index is 12.2. The highest BCUT2D eigenvalue weighted by molar-refractivity contribution is 5.83. The van der Waals surface area contributed by atoms with E-state index < -0.39 is 0 Å². The van der Waals surface area contributed by atoms with E-state index in [1.54, 1.807) is 10.9 Å². The minimum absolute atomic E-state index is 0.0603. The first-order valence-corrected chi connectivity index (χ1v) is 6.22. The van der Waals surface area contributed by atoms with Crippen molar-refractivity contribution in [1.29, 1.82) is 0 Å². The number of rotatable bonds is 5. The molecule has 2 aromatic rings. The van der Waals surface area contributed by atoms with E-state index in [4.69, 9.17) is 5.73 Å². The second-order valence-corrected chi connectivity index (χ2v) is 4.36.